The van der Waals surface area contributed by atoms with Gasteiger partial charge in [0.1, 0.15) is 6.61 Å². The van der Waals surface area contributed by atoms with Gasteiger partial charge in [0.15, 0.2) is 0 Å². The summed E-state index contributed by atoms with van der Waals surface area (Å²) >= 11 is 3.34. The molecule has 0 saturated carbocycles. The fourth-order valence-electron chi connectivity index (χ4n) is 1.95. The Bertz CT molecular complexity index is 700. The van der Waals surface area contributed by atoms with Gasteiger partial charge in [0.2, 0.25) is 0 Å². The lowest BCUT2D eigenvalue weighted by Gasteiger charge is -2.08. The van der Waals surface area contributed by atoms with Crippen LogP contribution in [0.4, 0.5) is 5.69 Å². The van der Waals surface area contributed by atoms with Crippen molar-refractivity contribution in [2.45, 2.75) is 6.92 Å². The van der Waals surface area contributed by atoms with E-state index in [2.05, 4.69) is 21.2 Å². The Hall–Kier alpha value is -2.18. The number of halogens is 1. The summed E-state index contributed by atoms with van der Waals surface area (Å²) in [4.78, 5) is 24.0. The molecule has 0 aliphatic rings. The topological polar surface area (TPSA) is 64.6 Å². The Morgan fingerprint density at radius 1 is 1.04 bits per heavy atom. The number of hydrogen-bond donors (Lipinski definition) is 1. The van der Waals surface area contributed by atoms with Crippen molar-refractivity contribution in [1.82, 2.24) is 0 Å². The summed E-state index contributed by atoms with van der Waals surface area (Å²) in [5.74, 6) is -0.645. The van der Waals surface area contributed by atoms with Crippen molar-refractivity contribution in [3.8, 4) is 0 Å². The van der Waals surface area contributed by atoms with Crippen molar-refractivity contribution >= 4 is 33.5 Å². The molecule has 0 spiro atoms. The van der Waals surface area contributed by atoms with Crippen molar-refractivity contribution in [3.63, 3.8) is 0 Å². The summed E-state index contributed by atoms with van der Waals surface area (Å²) in [6.07, 6.45) is 0. The van der Waals surface area contributed by atoms with Gasteiger partial charge in [-0.15, -0.1) is 0 Å². The number of amides is 1. The molecule has 6 heteroatoms. The average Bonchev–Trinajstić information content (AvgIpc) is 2.59. The Balaban J connectivity index is 1.93. The molecule has 0 aliphatic heterocycles. The van der Waals surface area contributed by atoms with Crippen molar-refractivity contribution in [3.05, 3.63) is 64.1 Å². The van der Waals surface area contributed by atoms with Crippen LogP contribution in [-0.2, 0) is 9.47 Å². The molecule has 2 rings (SSSR count). The summed E-state index contributed by atoms with van der Waals surface area (Å²) in [6, 6.07) is 13.7. The second-order valence-corrected chi connectivity index (χ2v) is 5.70. The minimum atomic E-state index is -0.418. The normalized spacial score (nSPS) is 10.2. The summed E-state index contributed by atoms with van der Waals surface area (Å²) < 4.78 is 10.9. The molecule has 0 unspecified atom stereocenters. The van der Waals surface area contributed by atoms with Gasteiger partial charge in [0, 0.05) is 16.8 Å². The Morgan fingerprint density at radius 2 is 1.75 bits per heavy atom. The van der Waals surface area contributed by atoms with Crippen LogP contribution in [0.2, 0.25) is 0 Å². The first-order valence-corrected chi connectivity index (χ1v) is 8.32. The highest BCUT2D eigenvalue weighted by molar-refractivity contribution is 9.10. The number of hydrogen-bond acceptors (Lipinski definition) is 4. The van der Waals surface area contributed by atoms with Crippen LogP contribution in [0.5, 0.6) is 0 Å². The van der Waals surface area contributed by atoms with Gasteiger partial charge in [-0.1, -0.05) is 12.1 Å². The summed E-state index contributed by atoms with van der Waals surface area (Å²) in [5, 5.41) is 2.78. The Labute approximate surface area is 149 Å². The number of carbonyl (C=O) groups excluding carboxylic acids is 2. The molecule has 5 nitrogen and oxygen atoms in total. The quantitative estimate of drug-likeness (QED) is 0.574. The zero-order chi connectivity index (χ0) is 17.4. The minimum absolute atomic E-state index is 0.215. The lowest BCUT2D eigenvalue weighted by atomic mass is 10.2. The molecule has 0 atom stereocenters. The standard InChI is InChI=1S/C18H18BrNO4/c1-2-23-11-12-24-18(22)13-7-9-14(10-8-13)20-17(21)15-5-3-4-6-16(15)19/h3-10H,2,11-12H2,1H3,(H,20,21). The lowest BCUT2D eigenvalue weighted by molar-refractivity contribution is 0.0335. The number of carbonyl (C=O) groups is 2. The first kappa shape index (κ1) is 18.2. The molecule has 0 heterocycles. The van der Waals surface area contributed by atoms with Crippen molar-refractivity contribution in [2.75, 3.05) is 25.1 Å². The van der Waals surface area contributed by atoms with Gasteiger partial charge < -0.3 is 14.8 Å². The molecule has 0 aliphatic carbocycles. The number of benzene rings is 2. The van der Waals surface area contributed by atoms with E-state index in [0.29, 0.717) is 30.0 Å². The highest BCUT2D eigenvalue weighted by Gasteiger charge is 2.11. The highest BCUT2D eigenvalue weighted by atomic mass is 79.9. The molecule has 0 aromatic heterocycles. The van der Waals surface area contributed by atoms with Gasteiger partial charge in [-0.05, 0) is 59.3 Å². The molecule has 2 aromatic rings. The SMILES string of the molecule is CCOCCOC(=O)c1ccc(NC(=O)c2ccccc2Br)cc1. The second-order valence-electron chi connectivity index (χ2n) is 4.84. The van der Waals surface area contributed by atoms with Crippen molar-refractivity contribution in [2.24, 2.45) is 0 Å². The van der Waals surface area contributed by atoms with Crippen LogP contribution in [0.15, 0.2) is 53.0 Å². The number of anilines is 1. The maximum atomic E-state index is 12.2. The van der Waals surface area contributed by atoms with E-state index < -0.39 is 5.97 Å². The van der Waals surface area contributed by atoms with Crippen LogP contribution < -0.4 is 5.32 Å². The van der Waals surface area contributed by atoms with Gasteiger partial charge in [-0.3, -0.25) is 4.79 Å². The molecule has 24 heavy (non-hydrogen) atoms. The first-order chi connectivity index (χ1) is 11.6. The lowest BCUT2D eigenvalue weighted by Crippen LogP contribution is -2.13. The molecule has 1 N–H and O–H groups in total. The molecule has 2 aromatic carbocycles. The van der Waals surface area contributed by atoms with Crippen LogP contribution >= 0.6 is 15.9 Å². The highest BCUT2D eigenvalue weighted by Crippen LogP contribution is 2.18. The Kier molecular flexibility index (Phi) is 6.96. The number of rotatable bonds is 7. The van der Waals surface area contributed by atoms with E-state index in [-0.39, 0.29) is 12.5 Å². The van der Waals surface area contributed by atoms with Crippen LogP contribution in [0.3, 0.4) is 0 Å². The number of esters is 1. The molecule has 0 fully saturated rings. The predicted molar refractivity (Wildman–Crippen MR) is 95.3 cm³/mol. The van der Waals surface area contributed by atoms with E-state index in [1.807, 2.05) is 13.0 Å². The maximum Gasteiger partial charge on any atom is 0.338 e. The predicted octanol–water partition coefficient (Wildman–Crippen LogP) is 3.89. The fraction of sp³-hybridized carbons (Fsp3) is 0.222. The van der Waals surface area contributed by atoms with Gasteiger partial charge in [0.05, 0.1) is 17.7 Å². The van der Waals surface area contributed by atoms with E-state index in [1.165, 1.54) is 0 Å². The third-order valence-corrected chi connectivity index (χ3v) is 3.85. The van der Waals surface area contributed by atoms with E-state index in [0.717, 1.165) is 4.47 Å². The van der Waals surface area contributed by atoms with E-state index >= 15 is 0 Å². The molecule has 0 bridgehead atoms. The molecule has 126 valence electrons. The molecular weight excluding hydrogens is 374 g/mol. The fourth-order valence-corrected chi connectivity index (χ4v) is 2.42. The van der Waals surface area contributed by atoms with Gasteiger partial charge in [0.25, 0.3) is 5.91 Å². The summed E-state index contributed by atoms with van der Waals surface area (Å²) in [5.41, 5.74) is 1.56. The zero-order valence-corrected chi connectivity index (χ0v) is 14.8. The monoisotopic (exact) mass is 391 g/mol. The number of nitrogens with one attached hydrogen (secondary N) is 1. The molecular formula is C18H18BrNO4. The van der Waals surface area contributed by atoms with Gasteiger partial charge >= 0.3 is 5.97 Å². The van der Waals surface area contributed by atoms with Crippen LogP contribution in [0.25, 0.3) is 0 Å². The van der Waals surface area contributed by atoms with Crippen LogP contribution in [-0.4, -0.2) is 31.7 Å². The smallest absolute Gasteiger partial charge is 0.338 e. The summed E-state index contributed by atoms with van der Waals surface area (Å²) in [7, 11) is 0. The van der Waals surface area contributed by atoms with Crippen molar-refractivity contribution in [1.29, 1.82) is 0 Å². The summed E-state index contributed by atoms with van der Waals surface area (Å²) in [6.45, 7) is 3.06. The van der Waals surface area contributed by atoms with E-state index in [4.69, 9.17) is 9.47 Å². The second kappa shape index (κ2) is 9.20. The first-order valence-electron chi connectivity index (χ1n) is 7.52. The third kappa shape index (κ3) is 5.18. The van der Waals surface area contributed by atoms with E-state index in [1.54, 1.807) is 42.5 Å². The van der Waals surface area contributed by atoms with Crippen LogP contribution in [0.1, 0.15) is 27.6 Å². The van der Waals surface area contributed by atoms with Gasteiger partial charge in [-0.25, -0.2) is 4.79 Å². The zero-order valence-electron chi connectivity index (χ0n) is 13.3. The maximum absolute atomic E-state index is 12.2. The minimum Gasteiger partial charge on any atom is -0.460 e. The van der Waals surface area contributed by atoms with Gasteiger partial charge in [-0.2, -0.15) is 0 Å². The molecule has 1 amide bonds. The number of ether oxygens (including phenoxy) is 2. The molecule has 0 radical (unpaired) electrons. The average molecular weight is 392 g/mol. The largest absolute Gasteiger partial charge is 0.460 e. The van der Waals surface area contributed by atoms with Crippen LogP contribution in [0, 0.1) is 0 Å². The molecule has 0 saturated heterocycles. The Morgan fingerprint density at radius 3 is 2.42 bits per heavy atom. The van der Waals surface area contributed by atoms with E-state index in [9.17, 15) is 9.59 Å². The van der Waals surface area contributed by atoms with Crippen molar-refractivity contribution < 1.29 is 19.1 Å². The third-order valence-electron chi connectivity index (χ3n) is 3.16.